The van der Waals surface area contributed by atoms with E-state index in [0.717, 1.165) is 19.3 Å². The molecule has 0 spiro atoms. The Morgan fingerprint density at radius 2 is 2.00 bits per heavy atom. The molecule has 0 bridgehead atoms. The number of aliphatic hydroxyl groups is 2. The molecule has 2 aliphatic carbocycles. The van der Waals surface area contributed by atoms with Gasteiger partial charge < -0.3 is 14.9 Å². The van der Waals surface area contributed by atoms with Crippen LogP contribution in [-0.2, 0) is 9.53 Å². The lowest BCUT2D eigenvalue weighted by atomic mass is 9.65. The summed E-state index contributed by atoms with van der Waals surface area (Å²) >= 11 is 0. The van der Waals surface area contributed by atoms with Gasteiger partial charge in [0.25, 0.3) is 0 Å². The molecule has 4 heteroatoms. The highest BCUT2D eigenvalue weighted by atomic mass is 16.5. The van der Waals surface area contributed by atoms with Crippen LogP contribution in [0.5, 0.6) is 0 Å². The van der Waals surface area contributed by atoms with Crippen LogP contribution in [0.25, 0.3) is 0 Å². The Morgan fingerprint density at radius 3 is 2.74 bits per heavy atom. The molecule has 4 nitrogen and oxygen atoms in total. The van der Waals surface area contributed by atoms with E-state index in [2.05, 4.69) is 32.1 Å². The van der Waals surface area contributed by atoms with Gasteiger partial charge in [-0.2, -0.15) is 0 Å². The van der Waals surface area contributed by atoms with Crippen LogP contribution in [-0.4, -0.2) is 34.5 Å². The summed E-state index contributed by atoms with van der Waals surface area (Å²) in [5.41, 5.74) is 1.26. The van der Waals surface area contributed by atoms with Gasteiger partial charge in [0, 0.05) is 12.3 Å². The van der Waals surface area contributed by atoms with Crippen LogP contribution < -0.4 is 0 Å². The fraction of sp³-hybridized carbons (Fsp3) is 0.737. The van der Waals surface area contributed by atoms with E-state index < -0.39 is 6.10 Å². The molecule has 1 heterocycles. The molecule has 3 rings (SSSR count). The van der Waals surface area contributed by atoms with Crippen molar-refractivity contribution in [3.05, 3.63) is 23.8 Å². The SMILES string of the molecule is C[C@H]1C=C2C=C[C@H](C)[C@H](CC[C@@H]3C[C@H](O)CC(=O)O3)[C@H]2[C@@H](O)C1. The fourth-order valence-corrected chi connectivity index (χ4v) is 4.55. The van der Waals surface area contributed by atoms with Gasteiger partial charge in [-0.15, -0.1) is 0 Å². The van der Waals surface area contributed by atoms with Crippen LogP contribution >= 0.6 is 0 Å². The van der Waals surface area contributed by atoms with Gasteiger partial charge in [0.2, 0.25) is 0 Å². The number of hydrogen-bond donors (Lipinski definition) is 2. The van der Waals surface area contributed by atoms with Crippen molar-refractivity contribution in [2.24, 2.45) is 23.7 Å². The second-order valence-electron chi connectivity index (χ2n) is 7.64. The van der Waals surface area contributed by atoms with E-state index in [-0.39, 0.29) is 30.5 Å². The maximum absolute atomic E-state index is 11.5. The predicted octanol–water partition coefficient (Wildman–Crippen LogP) is 2.60. The third-order valence-corrected chi connectivity index (χ3v) is 5.68. The number of rotatable bonds is 3. The highest BCUT2D eigenvalue weighted by Gasteiger charge is 2.39. The van der Waals surface area contributed by atoms with E-state index in [1.54, 1.807) is 0 Å². The van der Waals surface area contributed by atoms with Crippen molar-refractivity contribution in [1.29, 1.82) is 0 Å². The van der Waals surface area contributed by atoms with Crippen LogP contribution in [0.15, 0.2) is 23.8 Å². The van der Waals surface area contributed by atoms with Crippen molar-refractivity contribution >= 4 is 5.97 Å². The van der Waals surface area contributed by atoms with Crippen LogP contribution in [0.3, 0.4) is 0 Å². The average molecular weight is 320 g/mol. The highest BCUT2D eigenvalue weighted by Crippen LogP contribution is 2.43. The smallest absolute Gasteiger partial charge is 0.308 e. The normalized spacial score (nSPS) is 43.6. The summed E-state index contributed by atoms with van der Waals surface area (Å²) in [7, 11) is 0. The minimum atomic E-state index is -0.568. The number of esters is 1. The van der Waals surface area contributed by atoms with E-state index in [4.69, 9.17) is 4.74 Å². The van der Waals surface area contributed by atoms with Crippen LogP contribution in [0.2, 0.25) is 0 Å². The zero-order valence-electron chi connectivity index (χ0n) is 14.0. The molecular weight excluding hydrogens is 292 g/mol. The van der Waals surface area contributed by atoms with Gasteiger partial charge >= 0.3 is 5.97 Å². The zero-order chi connectivity index (χ0) is 16.6. The summed E-state index contributed by atoms with van der Waals surface area (Å²) in [6.07, 6.45) is 8.80. The summed E-state index contributed by atoms with van der Waals surface area (Å²) in [4.78, 5) is 11.5. The van der Waals surface area contributed by atoms with Crippen molar-refractivity contribution in [3.8, 4) is 0 Å². The second-order valence-corrected chi connectivity index (χ2v) is 7.64. The summed E-state index contributed by atoms with van der Waals surface area (Å²) in [6, 6.07) is 0. The largest absolute Gasteiger partial charge is 0.462 e. The first kappa shape index (κ1) is 16.7. The molecular formula is C19H28O4. The number of ether oxygens (including phenoxy) is 1. The first-order valence-corrected chi connectivity index (χ1v) is 8.89. The molecule has 1 fully saturated rings. The maximum atomic E-state index is 11.5. The summed E-state index contributed by atoms with van der Waals surface area (Å²) in [6.45, 7) is 4.35. The Hall–Kier alpha value is -1.13. The number of cyclic esters (lactones) is 1. The second kappa shape index (κ2) is 6.78. The Morgan fingerprint density at radius 1 is 1.22 bits per heavy atom. The number of allylic oxidation sites excluding steroid dienone is 3. The third kappa shape index (κ3) is 3.69. The maximum Gasteiger partial charge on any atom is 0.308 e. The van der Waals surface area contributed by atoms with Gasteiger partial charge in [0.05, 0.1) is 18.6 Å². The quantitative estimate of drug-likeness (QED) is 0.785. The minimum Gasteiger partial charge on any atom is -0.462 e. The van der Waals surface area contributed by atoms with Crippen molar-refractivity contribution in [2.75, 3.05) is 0 Å². The number of hydrogen-bond acceptors (Lipinski definition) is 4. The van der Waals surface area contributed by atoms with Gasteiger partial charge in [0.1, 0.15) is 6.10 Å². The van der Waals surface area contributed by atoms with Crippen LogP contribution in [0.1, 0.15) is 46.0 Å². The molecule has 0 saturated carbocycles. The third-order valence-electron chi connectivity index (χ3n) is 5.68. The lowest BCUT2D eigenvalue weighted by Gasteiger charge is -2.42. The fourth-order valence-electron chi connectivity index (χ4n) is 4.55. The van der Waals surface area contributed by atoms with E-state index >= 15 is 0 Å². The number of carbonyl (C=O) groups is 1. The van der Waals surface area contributed by atoms with Crippen LogP contribution in [0.4, 0.5) is 0 Å². The molecule has 7 atom stereocenters. The number of fused-ring (bicyclic) bond motifs is 1. The molecule has 0 aromatic carbocycles. The van der Waals surface area contributed by atoms with Gasteiger partial charge in [-0.25, -0.2) is 0 Å². The Balaban J connectivity index is 1.67. The topological polar surface area (TPSA) is 66.8 Å². The first-order valence-electron chi connectivity index (χ1n) is 8.89. The van der Waals surface area contributed by atoms with Crippen molar-refractivity contribution in [1.82, 2.24) is 0 Å². The molecule has 1 saturated heterocycles. The van der Waals surface area contributed by atoms with E-state index in [1.165, 1.54) is 5.57 Å². The lowest BCUT2D eigenvalue weighted by molar-refractivity contribution is -0.160. The lowest BCUT2D eigenvalue weighted by Crippen LogP contribution is -2.39. The summed E-state index contributed by atoms with van der Waals surface area (Å²) in [5, 5.41) is 20.3. The molecule has 128 valence electrons. The van der Waals surface area contributed by atoms with Crippen molar-refractivity contribution in [3.63, 3.8) is 0 Å². The zero-order valence-corrected chi connectivity index (χ0v) is 14.0. The Labute approximate surface area is 138 Å². The molecule has 0 aromatic heterocycles. The van der Waals surface area contributed by atoms with Crippen LogP contribution in [0, 0.1) is 23.7 Å². The minimum absolute atomic E-state index is 0.116. The summed E-state index contributed by atoms with van der Waals surface area (Å²) < 4.78 is 5.37. The number of carbonyl (C=O) groups excluding carboxylic acids is 1. The number of aliphatic hydroxyl groups excluding tert-OH is 2. The Kier molecular flexibility index (Phi) is 4.93. The molecule has 2 N–H and O–H groups in total. The van der Waals surface area contributed by atoms with Crippen molar-refractivity contribution in [2.45, 2.75) is 64.3 Å². The molecule has 3 aliphatic rings. The molecule has 0 unspecified atom stereocenters. The standard InChI is InChI=1S/C19H28O4/c1-11-7-13-4-3-12(2)16(19(13)17(21)8-11)6-5-15-9-14(20)10-18(22)23-15/h3-4,7,11-12,14-17,19-21H,5-6,8-10H2,1-2H3/t11-,12-,14-,15+,16-,17-,19-/m0/s1. The molecule has 0 aromatic rings. The average Bonchev–Trinajstić information content (AvgIpc) is 2.45. The van der Waals surface area contributed by atoms with Crippen molar-refractivity contribution < 1.29 is 19.7 Å². The monoisotopic (exact) mass is 320 g/mol. The summed E-state index contributed by atoms with van der Waals surface area (Å²) in [5.74, 6) is 1.09. The van der Waals surface area contributed by atoms with Gasteiger partial charge in [-0.05, 0) is 42.6 Å². The first-order chi connectivity index (χ1) is 10.9. The van der Waals surface area contributed by atoms with Gasteiger partial charge in [-0.3, -0.25) is 4.79 Å². The Bertz CT molecular complexity index is 509. The molecule has 0 amide bonds. The molecule has 1 aliphatic heterocycles. The van der Waals surface area contributed by atoms with E-state index in [0.29, 0.717) is 24.2 Å². The van der Waals surface area contributed by atoms with Gasteiger partial charge in [0.15, 0.2) is 0 Å². The van der Waals surface area contributed by atoms with E-state index in [1.807, 2.05) is 0 Å². The highest BCUT2D eigenvalue weighted by molar-refractivity contribution is 5.70. The molecule has 0 radical (unpaired) electrons. The van der Waals surface area contributed by atoms with Gasteiger partial charge in [-0.1, -0.05) is 32.1 Å². The molecule has 23 heavy (non-hydrogen) atoms. The van der Waals surface area contributed by atoms with E-state index in [9.17, 15) is 15.0 Å². The predicted molar refractivity (Wildman–Crippen MR) is 87.5 cm³/mol.